The molecule has 25 N–H and O–H groups in total. The van der Waals surface area contributed by atoms with Gasteiger partial charge in [-0.25, -0.2) is 0 Å². The standard InChI is InChI=1S/C77H106N20O15S/c1-7-42(6)65-76(112)93-58(37-98)67(103)86-36-61(100)87-52(24-16-28-83-77(81)82)68(104)92-57(33-60(79)99)70(106)91-56(32-47-35-85-51-22-13-11-20-49(47)51)73(109)95-63(40(2)3)74(110)89-53(23-14-15-27-78)69(105)90-55(31-46-34-84-50-21-12-10-19-48(46)50)72(108)96-64(41(4)5)75(111)94-59(66(80)102)38-113-39-62(101)88-54(71(107)97-65)30-43-25-26-44-17-8-9-18-45(44)29-43/h8-13,17-22,25-26,29,34-35,40-42,52-59,63-65,84-85,98H,7,14-16,23-24,27-28,30-33,36-39,78H2,1-6H3,(H2,79,99)(H2,80,102)(H,86,103)(H,87,100)(H,88,101)(H,89,110)(H,90,105)(H,91,106)(H,92,104)(H,93,112)(H,94,111)(H,95,109)(H,96,108)(H,97,107)(H4,81,82,83)/t42-,52-,53+,54-,55-,56-,57-,58+,59-,63-,64-,65+/m0/s1. The first kappa shape index (κ1) is 88.6. The number of hydrogen-bond acceptors (Lipinski definition) is 18. The van der Waals surface area contributed by atoms with Crippen molar-refractivity contribution >= 4 is 133 Å². The van der Waals surface area contributed by atoms with E-state index in [0.717, 1.165) is 22.5 Å². The maximum absolute atomic E-state index is 15.1. The van der Waals surface area contributed by atoms with Crippen molar-refractivity contribution in [1.82, 2.24) is 79.1 Å². The third kappa shape index (κ3) is 26.5. The molecule has 0 spiro atoms. The predicted octanol–water partition coefficient (Wildman–Crippen LogP) is -1.87. The van der Waals surface area contributed by atoms with E-state index in [9.17, 15) is 57.8 Å². The second-order valence-corrected chi connectivity index (χ2v) is 29.7. The highest BCUT2D eigenvalue weighted by Crippen LogP contribution is 2.24. The average Bonchev–Trinajstić information content (AvgIpc) is 1.76. The highest BCUT2D eigenvalue weighted by Gasteiger charge is 2.39. The summed E-state index contributed by atoms with van der Waals surface area (Å²) in [6.07, 6.45) is 2.44. The van der Waals surface area contributed by atoms with E-state index in [0.29, 0.717) is 44.9 Å². The number of aromatic nitrogens is 2. The van der Waals surface area contributed by atoms with Gasteiger partial charge < -0.3 is 107 Å². The number of thioether (sulfide) groups is 1. The first-order valence-corrected chi connectivity index (χ1v) is 38.8. The van der Waals surface area contributed by atoms with Crippen molar-refractivity contribution < 1.29 is 72.2 Å². The van der Waals surface area contributed by atoms with Crippen molar-refractivity contribution in [3.05, 3.63) is 120 Å². The zero-order chi connectivity index (χ0) is 82.6. The Labute approximate surface area is 657 Å². The number of primary amides is 2. The molecule has 14 amide bonds. The minimum atomic E-state index is -1.86. The maximum Gasteiger partial charge on any atom is 0.245 e. The normalized spacial score (nSPS) is 23.1. The lowest BCUT2D eigenvalue weighted by Crippen LogP contribution is -2.62. The summed E-state index contributed by atoms with van der Waals surface area (Å²) in [4.78, 5) is 207. The van der Waals surface area contributed by atoms with Crippen molar-refractivity contribution in [3.63, 3.8) is 0 Å². The van der Waals surface area contributed by atoms with E-state index in [1.54, 1.807) is 109 Å². The first-order valence-electron chi connectivity index (χ1n) is 37.6. The topological polar surface area (TPSA) is 575 Å². The van der Waals surface area contributed by atoms with Crippen molar-refractivity contribution in [2.45, 2.75) is 172 Å². The quantitative estimate of drug-likeness (QED) is 0.0201. The molecule has 1 saturated heterocycles. The van der Waals surface area contributed by atoms with Crippen LogP contribution in [0.4, 0.5) is 0 Å². The van der Waals surface area contributed by atoms with Crippen LogP contribution in [0.25, 0.3) is 32.6 Å². The number of unbranched alkanes of at least 4 members (excludes halogenated alkanes) is 1. The fourth-order valence-corrected chi connectivity index (χ4v) is 13.7. The number of H-pyrrole nitrogens is 2. The van der Waals surface area contributed by atoms with E-state index >= 15 is 14.4 Å². The number of nitrogens with two attached hydrogens (primary N) is 4. The molecule has 3 heterocycles. The highest BCUT2D eigenvalue weighted by atomic mass is 32.2. The number of aliphatic hydroxyl groups is 1. The number of guanidine groups is 1. The van der Waals surface area contributed by atoms with Crippen molar-refractivity contribution in [2.75, 3.05) is 37.7 Å². The van der Waals surface area contributed by atoms with Gasteiger partial charge in [0.15, 0.2) is 5.96 Å². The molecule has 1 aliphatic heterocycles. The Kier molecular flexibility index (Phi) is 33.9. The molecule has 1 aliphatic rings. The smallest absolute Gasteiger partial charge is 0.245 e. The summed E-state index contributed by atoms with van der Waals surface area (Å²) < 4.78 is 0. The molecule has 12 atom stereocenters. The minimum absolute atomic E-state index is 0.0132. The van der Waals surface area contributed by atoms with Gasteiger partial charge in [0.25, 0.3) is 0 Å². The zero-order valence-electron chi connectivity index (χ0n) is 64.1. The third-order valence-corrected chi connectivity index (χ3v) is 20.4. The summed E-state index contributed by atoms with van der Waals surface area (Å²) in [5, 5.41) is 55.2. The van der Waals surface area contributed by atoms with Crippen LogP contribution in [0.1, 0.15) is 103 Å². The molecule has 0 saturated carbocycles. The first-order chi connectivity index (χ1) is 53.9. The van der Waals surface area contributed by atoms with Gasteiger partial charge in [-0.1, -0.05) is 127 Å². The molecule has 7 rings (SSSR count). The molecule has 36 heteroatoms. The number of fused-ring (bicyclic) bond motifs is 3. The molecule has 0 aliphatic carbocycles. The molecule has 113 heavy (non-hydrogen) atoms. The van der Waals surface area contributed by atoms with Gasteiger partial charge in [-0.15, -0.1) is 11.8 Å². The number of aliphatic hydroxyl groups excluding tert-OH is 1. The minimum Gasteiger partial charge on any atom is -0.394 e. The van der Waals surface area contributed by atoms with Crippen LogP contribution in [-0.2, 0) is 86.4 Å². The van der Waals surface area contributed by atoms with E-state index in [4.69, 9.17) is 28.3 Å². The lowest BCUT2D eigenvalue weighted by atomic mass is 9.96. The Hall–Kier alpha value is -11.7. The monoisotopic (exact) mass is 1580 g/mol. The Balaban J connectivity index is 1.26. The van der Waals surface area contributed by atoms with Crippen molar-refractivity contribution in [1.29, 1.82) is 5.41 Å². The number of hydrogen-bond donors (Lipinski definition) is 21. The van der Waals surface area contributed by atoms with Gasteiger partial charge in [0.05, 0.1) is 25.3 Å². The van der Waals surface area contributed by atoms with Crippen LogP contribution in [0.5, 0.6) is 0 Å². The van der Waals surface area contributed by atoms with Crippen LogP contribution in [0.15, 0.2) is 103 Å². The number of amides is 14. The van der Waals surface area contributed by atoms with Crippen LogP contribution < -0.4 is 92.1 Å². The van der Waals surface area contributed by atoms with E-state index in [1.165, 1.54) is 0 Å². The van der Waals surface area contributed by atoms with Crippen LogP contribution in [0.3, 0.4) is 0 Å². The van der Waals surface area contributed by atoms with E-state index in [1.807, 2.05) is 36.4 Å². The highest BCUT2D eigenvalue weighted by molar-refractivity contribution is 8.00. The molecular weight excluding hydrogens is 1480 g/mol. The van der Waals surface area contributed by atoms with E-state index < -0.39 is 198 Å². The molecule has 35 nitrogen and oxygen atoms in total. The zero-order valence-corrected chi connectivity index (χ0v) is 64.9. The van der Waals surface area contributed by atoms with Gasteiger partial charge in [-0.2, -0.15) is 0 Å². The summed E-state index contributed by atoms with van der Waals surface area (Å²) in [6, 6.07) is 10.1. The number of benzene rings is 4. The molecule has 6 aromatic rings. The largest absolute Gasteiger partial charge is 0.394 e. The van der Waals surface area contributed by atoms with Gasteiger partial charge in [-0.3, -0.25) is 72.5 Å². The Bertz CT molecular complexity index is 4400. The Morgan fingerprint density at radius 1 is 0.513 bits per heavy atom. The summed E-state index contributed by atoms with van der Waals surface area (Å²) >= 11 is 0.866. The SMILES string of the molecule is CC[C@H](C)[C@H]1NC(=O)[C@H](Cc2ccc3ccccc3c2)NC(=O)CSC[C@@H](C(N)=O)NC(=O)[C@H](C(C)C)NC(=O)[C@H](Cc2c[nH]c3ccccc23)NC(=O)[C@@H](CCCCN)NC(=O)[C@H](C(C)C)NC(=O)[C@H](Cc2c[nH]c3ccccc23)NC(=O)[C@H](CC(N)=O)NC(=O)[C@H](CCCNC(=N)N)NC(=O)CNC(=O)[C@@H](CO)NC1=O. The van der Waals surface area contributed by atoms with Crippen LogP contribution >= 0.6 is 11.8 Å². The van der Waals surface area contributed by atoms with Gasteiger partial charge in [-0.05, 0) is 96.0 Å². The fraction of sp³-hybridized carbons (Fsp3) is 0.468. The fourth-order valence-electron chi connectivity index (χ4n) is 12.8. The van der Waals surface area contributed by atoms with E-state index in [2.05, 4.69) is 79.1 Å². The Morgan fingerprint density at radius 3 is 1.52 bits per heavy atom. The molecule has 0 radical (unpaired) electrons. The number of para-hydroxylation sites is 2. The molecular formula is C77H106N20O15S. The summed E-state index contributed by atoms with van der Waals surface area (Å²) in [6.45, 7) is 8.05. The van der Waals surface area contributed by atoms with Crippen molar-refractivity contribution in [2.24, 2.45) is 40.7 Å². The molecule has 2 aromatic heterocycles. The second kappa shape index (κ2) is 43.2. The van der Waals surface area contributed by atoms with Crippen LogP contribution in [0, 0.1) is 23.2 Å². The number of rotatable bonds is 22. The summed E-state index contributed by atoms with van der Waals surface area (Å²) in [7, 11) is 0. The van der Waals surface area contributed by atoms with Gasteiger partial charge in [0.2, 0.25) is 82.7 Å². The van der Waals surface area contributed by atoms with Crippen LogP contribution in [-0.4, -0.2) is 208 Å². The number of carbonyl (C=O) groups is 14. The molecule has 0 unspecified atom stereocenters. The lowest BCUT2D eigenvalue weighted by Gasteiger charge is -2.29. The summed E-state index contributed by atoms with van der Waals surface area (Å²) in [5.41, 5.74) is 26.0. The van der Waals surface area contributed by atoms with Gasteiger partial charge in [0.1, 0.15) is 66.5 Å². The van der Waals surface area contributed by atoms with Gasteiger partial charge in [0, 0.05) is 65.8 Å². The molecule has 0 bridgehead atoms. The van der Waals surface area contributed by atoms with Crippen LogP contribution in [0.2, 0.25) is 0 Å². The van der Waals surface area contributed by atoms with Crippen molar-refractivity contribution in [3.8, 4) is 0 Å². The maximum atomic E-state index is 15.1. The molecule has 4 aromatic carbocycles. The summed E-state index contributed by atoms with van der Waals surface area (Å²) in [5.74, 6) is -16.7. The molecule has 1 fully saturated rings. The third-order valence-electron chi connectivity index (χ3n) is 19.3. The number of aromatic amines is 2. The Morgan fingerprint density at radius 2 is 0.982 bits per heavy atom. The lowest BCUT2D eigenvalue weighted by molar-refractivity contribution is -0.137. The number of nitrogens with one attached hydrogen (secondary N) is 16. The number of carbonyl (C=O) groups excluding carboxylic acids is 14. The average molecular weight is 1580 g/mol. The second-order valence-electron chi connectivity index (χ2n) is 28.7. The molecule has 610 valence electrons. The van der Waals surface area contributed by atoms with E-state index in [-0.39, 0.29) is 70.2 Å². The van der Waals surface area contributed by atoms with Gasteiger partial charge >= 0.3 is 0 Å². The predicted molar refractivity (Wildman–Crippen MR) is 425 cm³/mol.